The number of ether oxygens (including phenoxy) is 1. The average Bonchev–Trinajstić information content (AvgIpc) is 2.90. The number of nitrogens with zero attached hydrogens (tertiary/aromatic N) is 1. The van der Waals surface area contributed by atoms with Gasteiger partial charge in [0.1, 0.15) is 0 Å². The number of benzene rings is 1. The molecule has 5 nitrogen and oxygen atoms in total. The average molecular weight is 374 g/mol. The van der Waals surface area contributed by atoms with Gasteiger partial charge in [0.15, 0.2) is 9.84 Å². The van der Waals surface area contributed by atoms with Crippen LogP contribution in [0.5, 0.6) is 0 Å². The standard InChI is InChI=1S/C17H24ClNO4S/c1-23-11-2-10-19(16-9-12-24(21,22)13-16)17(20)8-5-14-3-6-15(18)7-4-14/h3-4,6-7,16H,2,5,8-13H2,1H3. The molecular weight excluding hydrogens is 350 g/mol. The summed E-state index contributed by atoms with van der Waals surface area (Å²) in [5.41, 5.74) is 1.05. The van der Waals surface area contributed by atoms with E-state index in [2.05, 4.69) is 0 Å². The van der Waals surface area contributed by atoms with Crippen LogP contribution in [0.4, 0.5) is 0 Å². The third kappa shape index (κ3) is 5.76. The quantitative estimate of drug-likeness (QED) is 0.656. The molecule has 0 bridgehead atoms. The van der Waals surface area contributed by atoms with E-state index < -0.39 is 9.84 Å². The highest BCUT2D eigenvalue weighted by atomic mass is 35.5. The highest BCUT2D eigenvalue weighted by Gasteiger charge is 2.34. The molecule has 0 aliphatic carbocycles. The van der Waals surface area contributed by atoms with E-state index in [1.807, 2.05) is 12.1 Å². The Hall–Kier alpha value is -1.11. The second-order valence-electron chi connectivity index (χ2n) is 6.12. The molecule has 1 aliphatic rings. The van der Waals surface area contributed by atoms with Crippen LogP contribution in [0.15, 0.2) is 24.3 Å². The molecule has 1 fully saturated rings. The van der Waals surface area contributed by atoms with E-state index >= 15 is 0 Å². The second-order valence-corrected chi connectivity index (χ2v) is 8.78. The monoisotopic (exact) mass is 373 g/mol. The Kier molecular flexibility index (Phi) is 7.07. The second kappa shape index (κ2) is 8.83. The van der Waals surface area contributed by atoms with Crippen molar-refractivity contribution in [1.82, 2.24) is 4.90 Å². The summed E-state index contributed by atoms with van der Waals surface area (Å²) < 4.78 is 28.5. The molecule has 1 aromatic rings. The van der Waals surface area contributed by atoms with Gasteiger partial charge in [0.25, 0.3) is 0 Å². The minimum absolute atomic E-state index is 0.00292. The number of halogens is 1. The van der Waals surface area contributed by atoms with Crippen LogP contribution >= 0.6 is 11.6 Å². The zero-order valence-corrected chi connectivity index (χ0v) is 15.5. The molecule has 134 valence electrons. The van der Waals surface area contributed by atoms with Crippen LogP contribution in [0.25, 0.3) is 0 Å². The van der Waals surface area contributed by atoms with Crippen molar-refractivity contribution >= 4 is 27.3 Å². The molecule has 1 saturated heterocycles. The summed E-state index contributed by atoms with van der Waals surface area (Å²) in [5, 5.41) is 0.669. The topological polar surface area (TPSA) is 63.7 Å². The first kappa shape index (κ1) is 19.2. The molecular formula is C17H24ClNO4S. The zero-order chi connectivity index (χ0) is 17.6. The lowest BCUT2D eigenvalue weighted by Gasteiger charge is -2.28. The number of hydrogen-bond donors (Lipinski definition) is 0. The van der Waals surface area contributed by atoms with Crippen LogP contribution in [0.3, 0.4) is 0 Å². The van der Waals surface area contributed by atoms with E-state index in [1.54, 1.807) is 24.1 Å². The van der Waals surface area contributed by atoms with Crippen molar-refractivity contribution in [2.75, 3.05) is 31.8 Å². The largest absolute Gasteiger partial charge is 0.385 e. The molecule has 1 amide bonds. The fourth-order valence-electron chi connectivity index (χ4n) is 2.96. The third-order valence-corrected chi connectivity index (χ3v) is 6.26. The van der Waals surface area contributed by atoms with Crippen LogP contribution in [0, 0.1) is 0 Å². The Morgan fingerprint density at radius 3 is 2.62 bits per heavy atom. The van der Waals surface area contributed by atoms with Crippen molar-refractivity contribution < 1.29 is 17.9 Å². The number of aryl methyl sites for hydroxylation is 1. The van der Waals surface area contributed by atoms with Crippen LogP contribution in [-0.4, -0.2) is 57.0 Å². The van der Waals surface area contributed by atoms with E-state index in [1.165, 1.54) is 0 Å². The van der Waals surface area contributed by atoms with E-state index in [-0.39, 0.29) is 23.5 Å². The summed E-state index contributed by atoms with van der Waals surface area (Å²) in [7, 11) is -1.40. The fraction of sp³-hybridized carbons (Fsp3) is 0.588. The van der Waals surface area contributed by atoms with Gasteiger partial charge in [-0.3, -0.25) is 4.79 Å². The molecule has 24 heavy (non-hydrogen) atoms. The molecule has 0 saturated carbocycles. The molecule has 1 unspecified atom stereocenters. The highest BCUT2D eigenvalue weighted by Crippen LogP contribution is 2.20. The van der Waals surface area contributed by atoms with Gasteiger partial charge in [-0.05, 0) is 37.0 Å². The van der Waals surface area contributed by atoms with Gasteiger partial charge in [-0.1, -0.05) is 23.7 Å². The van der Waals surface area contributed by atoms with Gasteiger partial charge in [0.05, 0.1) is 11.5 Å². The van der Waals surface area contributed by atoms with Crippen LogP contribution in [0.2, 0.25) is 5.02 Å². The molecule has 0 radical (unpaired) electrons. The van der Waals surface area contributed by atoms with Gasteiger partial charge < -0.3 is 9.64 Å². The molecule has 0 spiro atoms. The lowest BCUT2D eigenvalue weighted by Crippen LogP contribution is -2.42. The maximum Gasteiger partial charge on any atom is 0.223 e. The summed E-state index contributed by atoms with van der Waals surface area (Å²) in [6.45, 7) is 1.09. The normalized spacial score (nSPS) is 19.3. The van der Waals surface area contributed by atoms with Crippen molar-refractivity contribution in [3.05, 3.63) is 34.9 Å². The maximum absolute atomic E-state index is 12.6. The Bertz CT molecular complexity index is 645. The summed E-state index contributed by atoms with van der Waals surface area (Å²) in [6, 6.07) is 7.22. The van der Waals surface area contributed by atoms with E-state index in [0.717, 1.165) is 5.56 Å². The molecule has 7 heteroatoms. The number of rotatable bonds is 8. The summed E-state index contributed by atoms with van der Waals surface area (Å²) >= 11 is 5.86. The molecule has 0 aromatic heterocycles. The van der Waals surface area contributed by atoms with Gasteiger partial charge in [-0.2, -0.15) is 0 Å². The first-order valence-corrected chi connectivity index (χ1v) is 10.3. The van der Waals surface area contributed by atoms with Crippen LogP contribution in [0.1, 0.15) is 24.8 Å². The van der Waals surface area contributed by atoms with Crippen molar-refractivity contribution in [3.63, 3.8) is 0 Å². The minimum Gasteiger partial charge on any atom is -0.385 e. The van der Waals surface area contributed by atoms with Gasteiger partial charge in [-0.25, -0.2) is 8.42 Å². The highest BCUT2D eigenvalue weighted by molar-refractivity contribution is 7.91. The minimum atomic E-state index is -3.02. The lowest BCUT2D eigenvalue weighted by atomic mass is 10.1. The lowest BCUT2D eigenvalue weighted by molar-refractivity contribution is -0.133. The molecule has 2 rings (SSSR count). The number of hydrogen-bond acceptors (Lipinski definition) is 4. The molecule has 0 N–H and O–H groups in total. The SMILES string of the molecule is COCCCN(C(=O)CCc1ccc(Cl)cc1)C1CCS(=O)(=O)C1. The van der Waals surface area contributed by atoms with Crippen LogP contribution < -0.4 is 0 Å². The summed E-state index contributed by atoms with van der Waals surface area (Å²) in [6.07, 6.45) is 2.23. The van der Waals surface area contributed by atoms with Crippen molar-refractivity contribution in [1.29, 1.82) is 0 Å². The number of sulfone groups is 1. The Labute approximate surface area is 148 Å². The van der Waals surface area contributed by atoms with Gasteiger partial charge >= 0.3 is 0 Å². The fourth-order valence-corrected chi connectivity index (χ4v) is 4.81. The molecule has 1 aromatic carbocycles. The third-order valence-electron chi connectivity index (χ3n) is 4.26. The Morgan fingerprint density at radius 2 is 2.04 bits per heavy atom. The van der Waals surface area contributed by atoms with Crippen molar-refractivity contribution in [2.24, 2.45) is 0 Å². The van der Waals surface area contributed by atoms with Gasteiger partial charge in [-0.15, -0.1) is 0 Å². The predicted molar refractivity (Wildman–Crippen MR) is 95.0 cm³/mol. The van der Waals surface area contributed by atoms with E-state index in [4.69, 9.17) is 16.3 Å². The summed E-state index contributed by atoms with van der Waals surface area (Å²) in [5.74, 6) is 0.249. The molecule has 1 atom stereocenters. The summed E-state index contributed by atoms with van der Waals surface area (Å²) in [4.78, 5) is 14.4. The zero-order valence-electron chi connectivity index (χ0n) is 13.9. The Balaban J connectivity index is 1.96. The van der Waals surface area contributed by atoms with Crippen molar-refractivity contribution in [2.45, 2.75) is 31.7 Å². The first-order chi connectivity index (χ1) is 11.4. The molecule has 1 heterocycles. The number of amides is 1. The first-order valence-electron chi connectivity index (χ1n) is 8.14. The van der Waals surface area contributed by atoms with Crippen LogP contribution in [-0.2, 0) is 25.8 Å². The van der Waals surface area contributed by atoms with Gasteiger partial charge in [0.2, 0.25) is 5.91 Å². The van der Waals surface area contributed by atoms with E-state index in [0.29, 0.717) is 43.9 Å². The van der Waals surface area contributed by atoms with E-state index in [9.17, 15) is 13.2 Å². The number of methoxy groups -OCH3 is 1. The van der Waals surface area contributed by atoms with Gasteiger partial charge in [0, 0.05) is 37.7 Å². The Morgan fingerprint density at radius 1 is 1.33 bits per heavy atom. The maximum atomic E-state index is 12.6. The predicted octanol–water partition coefficient (Wildman–Crippen LogP) is 2.32. The number of carbonyl (C=O) groups excluding carboxylic acids is 1. The smallest absolute Gasteiger partial charge is 0.223 e. The number of carbonyl (C=O) groups is 1. The molecule has 1 aliphatic heterocycles. The van der Waals surface area contributed by atoms with Crippen molar-refractivity contribution in [3.8, 4) is 0 Å².